The van der Waals surface area contributed by atoms with Gasteiger partial charge in [-0.05, 0) is 23.8 Å². The van der Waals surface area contributed by atoms with Crippen molar-refractivity contribution in [3.63, 3.8) is 0 Å². The van der Waals surface area contributed by atoms with Gasteiger partial charge in [-0.2, -0.15) is 5.26 Å². The molecule has 5 heteroatoms. The van der Waals surface area contributed by atoms with Crippen LogP contribution in [0.4, 0.5) is 0 Å². The van der Waals surface area contributed by atoms with Crippen LogP contribution < -0.4 is 0 Å². The van der Waals surface area contributed by atoms with Gasteiger partial charge in [0, 0.05) is 16.8 Å². The number of carboxylic acid groups (broad SMARTS) is 1. The molecule has 0 unspecified atom stereocenters. The third-order valence-electron chi connectivity index (χ3n) is 2.50. The molecule has 0 saturated heterocycles. The van der Waals surface area contributed by atoms with Crippen LogP contribution in [0, 0.1) is 11.3 Å². The van der Waals surface area contributed by atoms with E-state index in [0.717, 1.165) is 5.56 Å². The molecule has 1 N–H and O–H groups in total. The van der Waals surface area contributed by atoms with Gasteiger partial charge in [0.05, 0.1) is 5.56 Å². The van der Waals surface area contributed by atoms with Gasteiger partial charge in [-0.15, -0.1) is 11.8 Å². The lowest BCUT2D eigenvalue weighted by atomic mass is 10.2. The molecule has 0 aliphatic heterocycles. The second-order valence-electron chi connectivity index (χ2n) is 3.71. The standard InChI is InChI=1S/C14H10N2O2S/c15-8-12-10(4-3-7-16-12)9-19-13-6-2-1-5-11(13)14(17)18/h1-7H,9H2,(H,17,18). The second-order valence-corrected chi connectivity index (χ2v) is 4.73. The van der Waals surface area contributed by atoms with Crippen molar-refractivity contribution in [1.29, 1.82) is 5.26 Å². The second kappa shape index (κ2) is 6.03. The highest BCUT2D eigenvalue weighted by Gasteiger charge is 2.10. The number of carboxylic acids is 1. The van der Waals surface area contributed by atoms with E-state index in [1.54, 1.807) is 36.5 Å². The van der Waals surface area contributed by atoms with Crippen molar-refractivity contribution < 1.29 is 9.90 Å². The fraction of sp³-hybridized carbons (Fsp3) is 0.0714. The first-order chi connectivity index (χ1) is 9.22. The Labute approximate surface area is 114 Å². The molecule has 94 valence electrons. The average Bonchev–Trinajstić information content (AvgIpc) is 2.45. The number of rotatable bonds is 4. The number of carbonyl (C=O) groups is 1. The van der Waals surface area contributed by atoms with Gasteiger partial charge in [0.15, 0.2) is 0 Å². The van der Waals surface area contributed by atoms with Crippen molar-refractivity contribution in [2.45, 2.75) is 10.6 Å². The fourth-order valence-corrected chi connectivity index (χ4v) is 2.61. The van der Waals surface area contributed by atoms with Crippen LogP contribution in [-0.2, 0) is 5.75 Å². The molecule has 4 nitrogen and oxygen atoms in total. The van der Waals surface area contributed by atoms with E-state index in [1.165, 1.54) is 11.8 Å². The molecule has 0 saturated carbocycles. The third kappa shape index (κ3) is 3.12. The van der Waals surface area contributed by atoms with E-state index in [0.29, 0.717) is 16.3 Å². The Morgan fingerprint density at radius 3 is 2.84 bits per heavy atom. The molecule has 1 aromatic carbocycles. The van der Waals surface area contributed by atoms with Crippen LogP contribution in [0.1, 0.15) is 21.6 Å². The van der Waals surface area contributed by atoms with Crippen molar-refractivity contribution >= 4 is 17.7 Å². The lowest BCUT2D eigenvalue weighted by Crippen LogP contribution is -1.98. The Morgan fingerprint density at radius 2 is 2.11 bits per heavy atom. The Hall–Kier alpha value is -2.32. The van der Waals surface area contributed by atoms with Crippen molar-refractivity contribution in [2.24, 2.45) is 0 Å². The van der Waals surface area contributed by atoms with E-state index in [1.807, 2.05) is 12.1 Å². The Bertz CT molecular complexity index is 650. The lowest BCUT2D eigenvalue weighted by molar-refractivity contribution is 0.0693. The topological polar surface area (TPSA) is 74.0 Å². The Balaban J connectivity index is 2.20. The van der Waals surface area contributed by atoms with Gasteiger partial charge in [0.25, 0.3) is 0 Å². The van der Waals surface area contributed by atoms with Crippen molar-refractivity contribution in [1.82, 2.24) is 4.98 Å². The van der Waals surface area contributed by atoms with Crippen molar-refractivity contribution in [3.8, 4) is 6.07 Å². The molecule has 0 radical (unpaired) electrons. The zero-order chi connectivity index (χ0) is 13.7. The fourth-order valence-electron chi connectivity index (χ4n) is 1.58. The van der Waals surface area contributed by atoms with Gasteiger partial charge in [0.2, 0.25) is 0 Å². The average molecular weight is 270 g/mol. The first kappa shape index (κ1) is 13.1. The minimum absolute atomic E-state index is 0.273. The van der Waals surface area contributed by atoms with Crippen LogP contribution in [0.25, 0.3) is 0 Å². The van der Waals surface area contributed by atoms with Gasteiger partial charge in [-0.3, -0.25) is 0 Å². The van der Waals surface area contributed by atoms with E-state index >= 15 is 0 Å². The van der Waals surface area contributed by atoms with Crippen LogP contribution in [0.15, 0.2) is 47.5 Å². The minimum atomic E-state index is -0.949. The zero-order valence-electron chi connectivity index (χ0n) is 9.91. The molecule has 19 heavy (non-hydrogen) atoms. The summed E-state index contributed by atoms with van der Waals surface area (Å²) in [6.45, 7) is 0. The Morgan fingerprint density at radius 1 is 1.32 bits per heavy atom. The third-order valence-corrected chi connectivity index (χ3v) is 3.62. The molecular formula is C14H10N2O2S. The molecule has 0 bridgehead atoms. The minimum Gasteiger partial charge on any atom is -0.478 e. The molecule has 0 amide bonds. The number of hydrogen-bond acceptors (Lipinski definition) is 4. The maximum absolute atomic E-state index is 11.1. The van der Waals surface area contributed by atoms with Gasteiger partial charge in [-0.25, -0.2) is 9.78 Å². The summed E-state index contributed by atoms with van der Waals surface area (Å²) >= 11 is 1.39. The molecule has 0 fully saturated rings. The summed E-state index contributed by atoms with van der Waals surface area (Å²) in [4.78, 5) is 15.7. The summed E-state index contributed by atoms with van der Waals surface area (Å²) in [5, 5.41) is 18.0. The molecular weight excluding hydrogens is 260 g/mol. The van der Waals surface area contributed by atoms with Gasteiger partial charge >= 0.3 is 5.97 Å². The highest BCUT2D eigenvalue weighted by molar-refractivity contribution is 7.98. The lowest BCUT2D eigenvalue weighted by Gasteiger charge is -2.06. The summed E-state index contributed by atoms with van der Waals surface area (Å²) in [5.41, 5.74) is 1.45. The number of aromatic nitrogens is 1. The first-order valence-electron chi connectivity index (χ1n) is 5.51. The van der Waals surface area contributed by atoms with Crippen molar-refractivity contribution in [3.05, 3.63) is 59.4 Å². The molecule has 2 rings (SSSR count). The maximum Gasteiger partial charge on any atom is 0.336 e. The van der Waals surface area contributed by atoms with Crippen LogP contribution in [-0.4, -0.2) is 16.1 Å². The number of hydrogen-bond donors (Lipinski definition) is 1. The number of nitrogens with zero attached hydrogens (tertiary/aromatic N) is 2. The van der Waals surface area contributed by atoms with Gasteiger partial charge in [0.1, 0.15) is 11.8 Å². The number of thioether (sulfide) groups is 1. The largest absolute Gasteiger partial charge is 0.478 e. The maximum atomic E-state index is 11.1. The van der Waals surface area contributed by atoms with Crippen LogP contribution in [0.5, 0.6) is 0 Å². The molecule has 0 spiro atoms. The highest BCUT2D eigenvalue weighted by atomic mass is 32.2. The predicted octanol–water partition coefficient (Wildman–Crippen LogP) is 2.94. The summed E-state index contributed by atoms with van der Waals surface area (Å²) in [5.74, 6) is -0.434. The van der Waals surface area contributed by atoms with E-state index < -0.39 is 5.97 Å². The summed E-state index contributed by atoms with van der Waals surface area (Å²) in [6.07, 6.45) is 1.57. The van der Waals surface area contributed by atoms with E-state index in [4.69, 9.17) is 10.4 Å². The summed E-state index contributed by atoms with van der Waals surface area (Å²) < 4.78 is 0. The smallest absolute Gasteiger partial charge is 0.336 e. The van der Waals surface area contributed by atoms with Crippen LogP contribution in [0.3, 0.4) is 0 Å². The SMILES string of the molecule is N#Cc1ncccc1CSc1ccccc1C(=O)O. The quantitative estimate of drug-likeness (QED) is 0.864. The van der Waals surface area contributed by atoms with Gasteiger partial charge < -0.3 is 5.11 Å². The van der Waals surface area contributed by atoms with Crippen molar-refractivity contribution in [2.75, 3.05) is 0 Å². The van der Waals surface area contributed by atoms with Gasteiger partial charge in [-0.1, -0.05) is 18.2 Å². The molecule has 0 atom stereocenters. The normalized spacial score (nSPS) is 9.84. The zero-order valence-corrected chi connectivity index (χ0v) is 10.7. The molecule has 1 heterocycles. The molecule has 0 aliphatic rings. The van der Waals surface area contributed by atoms with E-state index in [-0.39, 0.29) is 5.56 Å². The van der Waals surface area contributed by atoms with Crippen LogP contribution >= 0.6 is 11.8 Å². The highest BCUT2D eigenvalue weighted by Crippen LogP contribution is 2.26. The number of aromatic carboxylic acids is 1. The molecule has 0 aliphatic carbocycles. The summed E-state index contributed by atoms with van der Waals surface area (Å²) in [6, 6.07) is 12.4. The number of nitriles is 1. The van der Waals surface area contributed by atoms with Crippen LogP contribution in [0.2, 0.25) is 0 Å². The molecule has 1 aromatic heterocycles. The molecule has 2 aromatic rings. The number of benzene rings is 1. The predicted molar refractivity (Wildman–Crippen MR) is 71.9 cm³/mol. The van der Waals surface area contributed by atoms with E-state index in [2.05, 4.69) is 4.98 Å². The Kier molecular flexibility index (Phi) is 4.16. The number of pyridine rings is 1. The monoisotopic (exact) mass is 270 g/mol. The first-order valence-corrected chi connectivity index (χ1v) is 6.50. The summed E-state index contributed by atoms with van der Waals surface area (Å²) in [7, 11) is 0. The van der Waals surface area contributed by atoms with E-state index in [9.17, 15) is 4.79 Å².